The lowest BCUT2D eigenvalue weighted by Gasteiger charge is -2.25. The predicted molar refractivity (Wildman–Crippen MR) is 132 cm³/mol. The second-order valence-corrected chi connectivity index (χ2v) is 9.73. The molecule has 36 heavy (non-hydrogen) atoms. The Morgan fingerprint density at radius 1 is 1.03 bits per heavy atom. The van der Waals surface area contributed by atoms with E-state index < -0.39 is 17.7 Å². The van der Waals surface area contributed by atoms with Crippen molar-refractivity contribution in [2.75, 3.05) is 6.54 Å². The first-order valence-corrected chi connectivity index (χ1v) is 12.7. The number of hydrogen-bond acceptors (Lipinski definition) is 4. The third-order valence-electron chi connectivity index (χ3n) is 7.06. The van der Waals surface area contributed by atoms with Gasteiger partial charge in [-0.2, -0.15) is 13.2 Å². The van der Waals surface area contributed by atoms with Gasteiger partial charge in [0.2, 0.25) is 0 Å². The lowest BCUT2D eigenvalue weighted by Crippen LogP contribution is -2.19. The summed E-state index contributed by atoms with van der Waals surface area (Å²) in [5.41, 5.74) is 4.27. The summed E-state index contributed by atoms with van der Waals surface area (Å²) >= 11 is 0. The average molecular weight is 503 g/mol. The van der Waals surface area contributed by atoms with Gasteiger partial charge in [-0.05, 0) is 72.4 Å². The van der Waals surface area contributed by atoms with E-state index in [0.717, 1.165) is 73.8 Å². The Balaban J connectivity index is 1.44. The first-order chi connectivity index (χ1) is 17.3. The van der Waals surface area contributed by atoms with Gasteiger partial charge in [0, 0.05) is 18.7 Å². The molecule has 1 fully saturated rings. The van der Waals surface area contributed by atoms with Crippen LogP contribution in [0.15, 0.2) is 41.6 Å². The van der Waals surface area contributed by atoms with E-state index in [1.54, 1.807) is 12.1 Å². The molecule has 194 valence electrons. The molecule has 2 aromatic rings. The molecule has 0 spiro atoms. The molecule has 5 nitrogen and oxygen atoms in total. The van der Waals surface area contributed by atoms with Crippen molar-refractivity contribution in [3.63, 3.8) is 0 Å². The van der Waals surface area contributed by atoms with Crippen LogP contribution in [0.2, 0.25) is 0 Å². The Morgan fingerprint density at radius 3 is 2.56 bits per heavy atom. The Kier molecular flexibility index (Phi) is 8.67. The SMILES string of the molecule is O=C(O)CCNCc1ccc2c(c1)C(=NOCc1ccc(C3CCCCC3)c(C(F)(F)F)c1)CCC2. The smallest absolute Gasteiger partial charge is 0.416 e. The molecule has 2 aromatic carbocycles. The number of halogens is 3. The number of alkyl halides is 3. The number of oxime groups is 1. The Labute approximate surface area is 209 Å². The average Bonchev–Trinajstić information content (AvgIpc) is 2.86. The highest BCUT2D eigenvalue weighted by atomic mass is 19.4. The number of carboxylic acids is 1. The van der Waals surface area contributed by atoms with E-state index in [9.17, 15) is 18.0 Å². The van der Waals surface area contributed by atoms with Crippen LogP contribution >= 0.6 is 0 Å². The van der Waals surface area contributed by atoms with Gasteiger partial charge in [-0.25, -0.2) is 0 Å². The molecule has 0 atom stereocenters. The molecular formula is C28H33F3N2O3. The maximum atomic E-state index is 13.8. The van der Waals surface area contributed by atoms with Crippen LogP contribution in [0, 0.1) is 0 Å². The molecule has 0 aliphatic heterocycles. The summed E-state index contributed by atoms with van der Waals surface area (Å²) in [4.78, 5) is 16.3. The largest absolute Gasteiger partial charge is 0.481 e. The highest BCUT2D eigenvalue weighted by Crippen LogP contribution is 2.41. The van der Waals surface area contributed by atoms with E-state index in [1.165, 1.54) is 6.07 Å². The molecule has 2 aliphatic rings. The number of nitrogens with one attached hydrogen (secondary N) is 1. The van der Waals surface area contributed by atoms with Crippen LogP contribution in [0.1, 0.15) is 90.7 Å². The predicted octanol–water partition coefficient (Wildman–Crippen LogP) is 6.57. The summed E-state index contributed by atoms with van der Waals surface area (Å²) < 4.78 is 41.5. The number of aryl methyl sites for hydroxylation is 1. The van der Waals surface area contributed by atoms with Gasteiger partial charge in [0.05, 0.1) is 17.7 Å². The fourth-order valence-corrected chi connectivity index (χ4v) is 5.22. The summed E-state index contributed by atoms with van der Waals surface area (Å²) in [6.45, 7) is 0.904. The van der Waals surface area contributed by atoms with Crippen LogP contribution in [-0.2, 0) is 35.4 Å². The minimum absolute atomic E-state index is 0.0245. The third-order valence-corrected chi connectivity index (χ3v) is 7.06. The van der Waals surface area contributed by atoms with Crippen molar-refractivity contribution in [2.24, 2.45) is 5.16 Å². The van der Waals surface area contributed by atoms with Crippen molar-refractivity contribution in [1.29, 1.82) is 0 Å². The summed E-state index contributed by atoms with van der Waals surface area (Å²) in [6.07, 6.45) is 2.92. The van der Waals surface area contributed by atoms with E-state index in [4.69, 9.17) is 9.94 Å². The fraction of sp³-hybridized carbons (Fsp3) is 0.500. The molecule has 2 N–H and O–H groups in total. The topological polar surface area (TPSA) is 70.9 Å². The molecule has 0 unspecified atom stereocenters. The van der Waals surface area contributed by atoms with E-state index >= 15 is 0 Å². The number of rotatable bonds is 9. The van der Waals surface area contributed by atoms with Gasteiger partial charge in [0.1, 0.15) is 6.61 Å². The van der Waals surface area contributed by atoms with Gasteiger partial charge < -0.3 is 15.3 Å². The van der Waals surface area contributed by atoms with Crippen molar-refractivity contribution in [2.45, 2.75) is 83.0 Å². The molecule has 4 rings (SSSR count). The fourth-order valence-electron chi connectivity index (χ4n) is 5.22. The molecule has 2 aliphatic carbocycles. The number of aliphatic carboxylic acids is 1. The number of fused-ring (bicyclic) bond motifs is 1. The van der Waals surface area contributed by atoms with Crippen molar-refractivity contribution < 1.29 is 27.9 Å². The summed E-state index contributed by atoms with van der Waals surface area (Å²) in [5.74, 6) is -0.873. The van der Waals surface area contributed by atoms with Gasteiger partial charge in [0.25, 0.3) is 0 Å². The normalized spacial score (nSPS) is 17.7. The molecule has 0 saturated heterocycles. The quantitative estimate of drug-likeness (QED) is 0.300. The van der Waals surface area contributed by atoms with Crippen molar-refractivity contribution in [3.8, 4) is 0 Å². The van der Waals surface area contributed by atoms with Crippen LogP contribution in [0.5, 0.6) is 0 Å². The molecular weight excluding hydrogens is 469 g/mol. The number of carboxylic acid groups (broad SMARTS) is 1. The van der Waals surface area contributed by atoms with Gasteiger partial charge in [-0.1, -0.05) is 48.7 Å². The zero-order valence-electron chi connectivity index (χ0n) is 20.4. The van der Waals surface area contributed by atoms with Crippen LogP contribution in [-0.4, -0.2) is 23.3 Å². The van der Waals surface area contributed by atoms with E-state index in [-0.39, 0.29) is 18.9 Å². The minimum atomic E-state index is -4.40. The summed E-state index contributed by atoms with van der Waals surface area (Å²) in [5, 5.41) is 16.2. The second kappa shape index (κ2) is 11.9. The molecule has 1 saturated carbocycles. The lowest BCUT2D eigenvalue weighted by atomic mass is 9.81. The molecule has 0 heterocycles. The Hall–Kier alpha value is -2.87. The van der Waals surface area contributed by atoms with Crippen molar-refractivity contribution in [1.82, 2.24) is 5.32 Å². The maximum absolute atomic E-state index is 13.8. The Morgan fingerprint density at radius 2 is 1.81 bits per heavy atom. The molecule has 0 amide bonds. The van der Waals surface area contributed by atoms with Gasteiger partial charge in [-0.15, -0.1) is 0 Å². The second-order valence-electron chi connectivity index (χ2n) is 9.73. The van der Waals surface area contributed by atoms with Gasteiger partial charge in [0.15, 0.2) is 0 Å². The summed E-state index contributed by atoms with van der Waals surface area (Å²) in [6, 6.07) is 10.7. The van der Waals surface area contributed by atoms with Gasteiger partial charge in [-0.3, -0.25) is 4.79 Å². The zero-order chi connectivity index (χ0) is 25.5. The standard InChI is InChI=1S/C28H33F3N2O3/c29-28(30,31)25-16-20(10-12-23(25)21-5-2-1-3-6-21)18-36-33-26-8-4-7-22-11-9-19(15-24(22)26)17-32-14-13-27(34)35/h9-12,15-16,21,32H,1-8,13-14,17-18H2,(H,34,35). The highest BCUT2D eigenvalue weighted by Gasteiger charge is 2.35. The van der Waals surface area contributed by atoms with Crippen molar-refractivity contribution in [3.05, 3.63) is 69.8 Å². The number of nitrogens with zero attached hydrogens (tertiary/aromatic N) is 1. The van der Waals surface area contributed by atoms with Crippen LogP contribution in [0.25, 0.3) is 0 Å². The maximum Gasteiger partial charge on any atom is 0.416 e. The lowest BCUT2D eigenvalue weighted by molar-refractivity contribution is -0.139. The first-order valence-electron chi connectivity index (χ1n) is 12.7. The number of carbonyl (C=O) groups is 1. The number of benzene rings is 2. The minimum Gasteiger partial charge on any atom is -0.481 e. The Bertz CT molecular complexity index is 1090. The van der Waals surface area contributed by atoms with E-state index in [2.05, 4.69) is 16.5 Å². The number of hydrogen-bond donors (Lipinski definition) is 2. The van der Waals surface area contributed by atoms with E-state index in [0.29, 0.717) is 24.2 Å². The van der Waals surface area contributed by atoms with E-state index in [1.807, 2.05) is 12.1 Å². The van der Waals surface area contributed by atoms with Crippen LogP contribution in [0.4, 0.5) is 13.2 Å². The highest BCUT2D eigenvalue weighted by molar-refractivity contribution is 6.02. The molecule has 0 radical (unpaired) electrons. The molecule has 0 aromatic heterocycles. The van der Waals surface area contributed by atoms with Crippen LogP contribution < -0.4 is 5.32 Å². The first kappa shape index (κ1) is 26.2. The summed E-state index contributed by atoms with van der Waals surface area (Å²) in [7, 11) is 0. The zero-order valence-corrected chi connectivity index (χ0v) is 20.4. The monoisotopic (exact) mass is 502 g/mol. The van der Waals surface area contributed by atoms with Crippen molar-refractivity contribution >= 4 is 11.7 Å². The third kappa shape index (κ3) is 6.87. The van der Waals surface area contributed by atoms with Gasteiger partial charge >= 0.3 is 12.1 Å². The molecule has 0 bridgehead atoms. The van der Waals surface area contributed by atoms with Crippen LogP contribution in [0.3, 0.4) is 0 Å². The molecule has 8 heteroatoms.